The Morgan fingerprint density at radius 3 is 3.08 bits per heavy atom. The molecule has 0 saturated heterocycles. The van der Waals surface area contributed by atoms with Crippen molar-refractivity contribution in [2.24, 2.45) is 10.7 Å². The predicted octanol–water partition coefficient (Wildman–Crippen LogP) is 1.65. The first-order valence-corrected chi connectivity index (χ1v) is 3.71. The average molecular weight is 185 g/mol. The summed E-state index contributed by atoms with van der Waals surface area (Å²) in [6, 6.07) is 0. The van der Waals surface area contributed by atoms with Crippen molar-refractivity contribution < 1.29 is 0 Å². The second-order valence-corrected chi connectivity index (χ2v) is 2.51. The van der Waals surface area contributed by atoms with Gasteiger partial charge in [-0.15, -0.1) is 0 Å². The Hall–Kier alpha value is -1.29. The SMILES string of the molecule is C=Nc1c(Cl)cnn1/C(N)=C\C. The number of halogens is 1. The van der Waals surface area contributed by atoms with Crippen molar-refractivity contribution in [2.45, 2.75) is 6.92 Å². The van der Waals surface area contributed by atoms with E-state index in [4.69, 9.17) is 17.3 Å². The maximum absolute atomic E-state index is 5.75. The third-order valence-electron chi connectivity index (χ3n) is 1.39. The molecule has 0 aliphatic rings. The normalized spacial score (nSPS) is 11.7. The number of aromatic nitrogens is 2. The fraction of sp³-hybridized carbons (Fsp3) is 0.143. The Morgan fingerprint density at radius 1 is 1.92 bits per heavy atom. The minimum absolute atomic E-state index is 0.440. The lowest BCUT2D eigenvalue weighted by Crippen LogP contribution is -2.06. The third-order valence-corrected chi connectivity index (χ3v) is 1.66. The highest BCUT2D eigenvalue weighted by molar-refractivity contribution is 6.32. The van der Waals surface area contributed by atoms with Crippen LogP contribution in [0, 0.1) is 0 Å². The second-order valence-electron chi connectivity index (χ2n) is 2.10. The molecule has 64 valence electrons. The lowest BCUT2D eigenvalue weighted by Gasteiger charge is -2.01. The van der Waals surface area contributed by atoms with Crippen molar-refractivity contribution >= 4 is 30.0 Å². The molecule has 0 amide bonds. The van der Waals surface area contributed by atoms with Crippen LogP contribution in [0.4, 0.5) is 5.82 Å². The Bertz CT molecular complexity index is 326. The van der Waals surface area contributed by atoms with Gasteiger partial charge in [-0.25, -0.2) is 4.99 Å². The summed E-state index contributed by atoms with van der Waals surface area (Å²) < 4.78 is 1.43. The third kappa shape index (κ3) is 1.33. The molecular weight excluding hydrogens is 176 g/mol. The van der Waals surface area contributed by atoms with E-state index in [0.717, 1.165) is 0 Å². The van der Waals surface area contributed by atoms with Crippen LogP contribution in [0.5, 0.6) is 0 Å². The van der Waals surface area contributed by atoms with Crippen LogP contribution >= 0.6 is 11.6 Å². The largest absolute Gasteiger partial charge is 0.384 e. The molecule has 12 heavy (non-hydrogen) atoms. The molecule has 4 nitrogen and oxygen atoms in total. The Morgan fingerprint density at radius 2 is 2.58 bits per heavy atom. The molecular formula is C7H9ClN4. The Balaban J connectivity index is 3.24. The minimum atomic E-state index is 0.440. The van der Waals surface area contributed by atoms with E-state index in [1.807, 2.05) is 0 Å². The average Bonchev–Trinajstić information content (AvgIpc) is 2.45. The van der Waals surface area contributed by atoms with Gasteiger partial charge in [0.1, 0.15) is 10.8 Å². The molecule has 1 heterocycles. The topological polar surface area (TPSA) is 56.2 Å². The standard InChI is InChI=1S/C7H9ClN4/c1-3-6(9)12-7(10-2)5(8)4-11-12/h3-4H,2,9H2,1H3/b6-3-. The molecule has 0 bridgehead atoms. The van der Waals surface area contributed by atoms with Crippen molar-refractivity contribution in [2.75, 3.05) is 0 Å². The van der Waals surface area contributed by atoms with Crippen LogP contribution in [0.3, 0.4) is 0 Å². The smallest absolute Gasteiger partial charge is 0.175 e. The first kappa shape index (κ1) is 8.80. The van der Waals surface area contributed by atoms with Gasteiger partial charge in [-0.3, -0.25) is 0 Å². The minimum Gasteiger partial charge on any atom is -0.384 e. The highest BCUT2D eigenvalue weighted by Crippen LogP contribution is 2.24. The summed E-state index contributed by atoms with van der Waals surface area (Å²) in [5.41, 5.74) is 5.60. The zero-order valence-electron chi connectivity index (χ0n) is 6.66. The van der Waals surface area contributed by atoms with Gasteiger partial charge in [-0.1, -0.05) is 11.6 Å². The molecule has 1 aromatic rings. The summed E-state index contributed by atoms with van der Waals surface area (Å²) in [5.74, 6) is 0.941. The summed E-state index contributed by atoms with van der Waals surface area (Å²) in [6.07, 6.45) is 3.18. The van der Waals surface area contributed by atoms with Gasteiger partial charge >= 0.3 is 0 Å². The number of nitrogens with zero attached hydrogens (tertiary/aromatic N) is 3. The van der Waals surface area contributed by atoms with E-state index in [1.54, 1.807) is 13.0 Å². The second kappa shape index (κ2) is 3.40. The maximum atomic E-state index is 5.75. The van der Waals surface area contributed by atoms with E-state index in [-0.39, 0.29) is 0 Å². The summed E-state index contributed by atoms with van der Waals surface area (Å²) in [4.78, 5) is 3.70. The molecule has 0 unspecified atom stereocenters. The van der Waals surface area contributed by atoms with Gasteiger partial charge in [-0.2, -0.15) is 9.78 Å². The quantitative estimate of drug-likeness (QED) is 0.711. The van der Waals surface area contributed by atoms with Crippen molar-refractivity contribution in [3.63, 3.8) is 0 Å². The molecule has 0 aliphatic heterocycles. The van der Waals surface area contributed by atoms with Crippen LogP contribution in [0.25, 0.3) is 5.82 Å². The summed E-state index contributed by atoms with van der Waals surface area (Å²) in [6.45, 7) is 5.17. The van der Waals surface area contributed by atoms with E-state index >= 15 is 0 Å². The highest BCUT2D eigenvalue weighted by atomic mass is 35.5. The van der Waals surface area contributed by atoms with Gasteiger partial charge in [-0.05, 0) is 19.7 Å². The molecule has 0 spiro atoms. The van der Waals surface area contributed by atoms with E-state index in [0.29, 0.717) is 16.7 Å². The predicted molar refractivity (Wildman–Crippen MR) is 50.6 cm³/mol. The molecule has 0 fully saturated rings. The number of nitrogens with two attached hydrogens (primary N) is 1. The number of hydrogen-bond acceptors (Lipinski definition) is 3. The van der Waals surface area contributed by atoms with E-state index in [1.165, 1.54) is 10.9 Å². The highest BCUT2D eigenvalue weighted by Gasteiger charge is 2.07. The van der Waals surface area contributed by atoms with Gasteiger partial charge < -0.3 is 5.73 Å². The lowest BCUT2D eigenvalue weighted by molar-refractivity contribution is 0.886. The molecule has 1 rings (SSSR count). The van der Waals surface area contributed by atoms with Crippen LogP contribution in [0.15, 0.2) is 17.3 Å². The van der Waals surface area contributed by atoms with Crippen molar-refractivity contribution in [3.05, 3.63) is 17.3 Å². The summed E-state index contributed by atoms with van der Waals surface area (Å²) in [5, 5.41) is 4.35. The van der Waals surface area contributed by atoms with E-state index < -0.39 is 0 Å². The molecule has 0 saturated carbocycles. The van der Waals surface area contributed by atoms with Crippen LogP contribution < -0.4 is 5.73 Å². The molecule has 0 radical (unpaired) electrons. The fourth-order valence-electron chi connectivity index (χ4n) is 0.776. The molecule has 5 heteroatoms. The first-order chi connectivity index (χ1) is 5.70. The number of rotatable bonds is 2. The van der Waals surface area contributed by atoms with E-state index in [2.05, 4.69) is 16.8 Å². The van der Waals surface area contributed by atoms with Crippen LogP contribution in [-0.4, -0.2) is 16.5 Å². The Kier molecular flexibility index (Phi) is 2.50. The monoisotopic (exact) mass is 184 g/mol. The Labute approximate surface area is 75.3 Å². The maximum Gasteiger partial charge on any atom is 0.175 e. The van der Waals surface area contributed by atoms with E-state index in [9.17, 15) is 0 Å². The van der Waals surface area contributed by atoms with Crippen LogP contribution in [0.1, 0.15) is 6.92 Å². The molecule has 0 aliphatic carbocycles. The lowest BCUT2D eigenvalue weighted by atomic mass is 10.6. The zero-order chi connectivity index (χ0) is 9.14. The zero-order valence-corrected chi connectivity index (χ0v) is 7.41. The van der Waals surface area contributed by atoms with Crippen LogP contribution in [-0.2, 0) is 0 Å². The summed E-state index contributed by atoms with van der Waals surface area (Å²) in [7, 11) is 0. The number of aliphatic imine (C=N–C) groups is 1. The van der Waals surface area contributed by atoms with Crippen molar-refractivity contribution in [1.82, 2.24) is 9.78 Å². The molecule has 0 atom stereocenters. The van der Waals surface area contributed by atoms with Crippen molar-refractivity contribution in [3.8, 4) is 0 Å². The van der Waals surface area contributed by atoms with Gasteiger partial charge in [0.15, 0.2) is 5.82 Å². The van der Waals surface area contributed by atoms with Crippen LogP contribution in [0.2, 0.25) is 5.02 Å². The fourth-order valence-corrected chi connectivity index (χ4v) is 0.959. The van der Waals surface area contributed by atoms with Gasteiger partial charge in [0, 0.05) is 0 Å². The van der Waals surface area contributed by atoms with Crippen molar-refractivity contribution in [1.29, 1.82) is 0 Å². The molecule has 1 aromatic heterocycles. The van der Waals surface area contributed by atoms with Gasteiger partial charge in [0.25, 0.3) is 0 Å². The van der Waals surface area contributed by atoms with Gasteiger partial charge in [0.05, 0.1) is 6.20 Å². The summed E-state index contributed by atoms with van der Waals surface area (Å²) >= 11 is 5.75. The first-order valence-electron chi connectivity index (χ1n) is 3.33. The molecule has 0 aromatic carbocycles. The number of allylic oxidation sites excluding steroid dienone is 1. The number of hydrogen-bond donors (Lipinski definition) is 1. The van der Waals surface area contributed by atoms with Gasteiger partial charge in [0.2, 0.25) is 0 Å². The molecule has 2 N–H and O–H groups in total.